The number of hydrogen-bond acceptors (Lipinski definition) is 4. The van der Waals surface area contributed by atoms with Crippen LogP contribution in [0, 0.1) is 17.8 Å². The van der Waals surface area contributed by atoms with Crippen molar-refractivity contribution in [1.29, 1.82) is 0 Å². The third kappa shape index (κ3) is 28.0. The number of carbonyl (C=O) groups excluding carboxylic acids is 2. The third-order valence-corrected chi connectivity index (χ3v) is 10.6. The number of cyclic esters (lactones) is 2. The highest BCUT2D eigenvalue weighted by molar-refractivity contribution is 5.69. The van der Waals surface area contributed by atoms with Crippen LogP contribution in [0.1, 0.15) is 226 Å². The Morgan fingerprint density at radius 3 is 1.15 bits per heavy atom. The molecule has 0 aromatic heterocycles. The molecule has 1 aliphatic heterocycles. The van der Waals surface area contributed by atoms with Gasteiger partial charge in [0.1, 0.15) is 0 Å². The van der Waals surface area contributed by atoms with Crippen LogP contribution in [0.3, 0.4) is 0 Å². The van der Waals surface area contributed by atoms with Crippen molar-refractivity contribution < 1.29 is 19.1 Å². The van der Waals surface area contributed by atoms with Gasteiger partial charge in [0.25, 0.3) is 0 Å². The summed E-state index contributed by atoms with van der Waals surface area (Å²) < 4.78 is 11.3. The number of unbranched alkanes of at least 4 members (excludes halogenated alkanes) is 2. The van der Waals surface area contributed by atoms with Gasteiger partial charge in [-0.25, -0.2) is 0 Å². The Kier molecular flexibility index (Phi) is 30.3. The maximum Gasteiger partial charge on any atom is 0.305 e. The molecular formula is C42H80O4. The van der Waals surface area contributed by atoms with E-state index in [1.807, 2.05) is 0 Å². The van der Waals surface area contributed by atoms with Crippen LogP contribution in [-0.4, -0.2) is 25.2 Å². The molecule has 272 valence electrons. The van der Waals surface area contributed by atoms with Crippen LogP contribution in [0.15, 0.2) is 0 Å². The zero-order valence-electron chi connectivity index (χ0n) is 31.4. The molecule has 0 aromatic carbocycles. The zero-order chi connectivity index (χ0) is 33.3. The van der Waals surface area contributed by atoms with Gasteiger partial charge in [0, 0.05) is 12.8 Å². The van der Waals surface area contributed by atoms with E-state index >= 15 is 0 Å². The van der Waals surface area contributed by atoms with Crippen molar-refractivity contribution in [2.24, 2.45) is 17.8 Å². The first-order valence-corrected chi connectivity index (χ1v) is 20.9. The van der Waals surface area contributed by atoms with Crippen LogP contribution in [0.4, 0.5) is 0 Å². The van der Waals surface area contributed by atoms with Crippen molar-refractivity contribution in [3.05, 3.63) is 0 Å². The Bertz CT molecular complexity index is 621. The molecular weight excluding hydrogens is 568 g/mol. The summed E-state index contributed by atoms with van der Waals surface area (Å²) >= 11 is 0. The fraction of sp³-hybridized carbons (Fsp3) is 0.952. The summed E-state index contributed by atoms with van der Waals surface area (Å²) in [6.07, 6.45) is 38.9. The van der Waals surface area contributed by atoms with Gasteiger partial charge in [0.2, 0.25) is 0 Å². The second-order valence-corrected chi connectivity index (χ2v) is 15.2. The van der Waals surface area contributed by atoms with E-state index in [1.54, 1.807) is 0 Å². The summed E-state index contributed by atoms with van der Waals surface area (Å²) in [4.78, 5) is 24.7. The molecule has 2 atom stereocenters. The highest BCUT2D eigenvalue weighted by atomic mass is 16.5. The average molecular weight is 649 g/mol. The second-order valence-electron chi connectivity index (χ2n) is 15.2. The monoisotopic (exact) mass is 649 g/mol. The van der Waals surface area contributed by atoms with E-state index in [-0.39, 0.29) is 11.9 Å². The lowest BCUT2D eigenvalue weighted by Crippen LogP contribution is -2.11. The average Bonchev–Trinajstić information content (AvgIpc) is 3.04. The van der Waals surface area contributed by atoms with Gasteiger partial charge >= 0.3 is 11.9 Å². The lowest BCUT2D eigenvalue weighted by Gasteiger charge is -2.18. The molecule has 0 spiro atoms. The molecule has 0 aromatic rings. The highest BCUT2D eigenvalue weighted by Crippen LogP contribution is 2.24. The van der Waals surface area contributed by atoms with Crippen molar-refractivity contribution in [3.8, 4) is 0 Å². The Hall–Kier alpha value is -1.06. The molecule has 0 aliphatic carbocycles. The van der Waals surface area contributed by atoms with Gasteiger partial charge in [0.15, 0.2) is 0 Å². The van der Waals surface area contributed by atoms with Crippen LogP contribution in [0.5, 0.6) is 0 Å². The van der Waals surface area contributed by atoms with E-state index < -0.39 is 0 Å². The normalized spacial score (nSPS) is 25.8. The van der Waals surface area contributed by atoms with Crippen molar-refractivity contribution >= 4 is 11.9 Å². The first-order chi connectivity index (χ1) is 22.5. The standard InChI is InChI=1S/C42H80O4/c1-4-6-28-39-30-22-18-19-23-31-40(29-7-5-2)35-37-46-42(44)33-25-17-13-9-11-15-21-27-38(3)26-20-14-10-8-12-16-24-32-41(43)45-36-34-39/h38-40H,4-37H2,1-3H3. The minimum absolute atomic E-state index is 0.0170. The summed E-state index contributed by atoms with van der Waals surface area (Å²) in [7, 11) is 0. The minimum Gasteiger partial charge on any atom is -0.466 e. The predicted octanol–water partition coefficient (Wildman–Crippen LogP) is 13.5. The van der Waals surface area contributed by atoms with Crippen LogP contribution >= 0.6 is 0 Å². The molecule has 46 heavy (non-hydrogen) atoms. The lowest BCUT2D eigenvalue weighted by molar-refractivity contribution is -0.145. The molecule has 1 rings (SSSR count). The van der Waals surface area contributed by atoms with Crippen molar-refractivity contribution in [2.45, 2.75) is 226 Å². The summed E-state index contributed by atoms with van der Waals surface area (Å²) in [5.74, 6) is 2.27. The van der Waals surface area contributed by atoms with Gasteiger partial charge in [-0.3, -0.25) is 9.59 Å². The molecule has 4 heteroatoms. The molecule has 0 N–H and O–H groups in total. The smallest absolute Gasteiger partial charge is 0.305 e. The van der Waals surface area contributed by atoms with Crippen molar-refractivity contribution in [1.82, 2.24) is 0 Å². The maximum atomic E-state index is 12.3. The number of esters is 2. The third-order valence-electron chi connectivity index (χ3n) is 10.6. The summed E-state index contributed by atoms with van der Waals surface area (Å²) in [6, 6.07) is 0. The maximum absolute atomic E-state index is 12.3. The van der Waals surface area contributed by atoms with Crippen molar-refractivity contribution in [3.63, 3.8) is 0 Å². The first kappa shape index (κ1) is 43.0. The fourth-order valence-electron chi connectivity index (χ4n) is 7.33. The summed E-state index contributed by atoms with van der Waals surface area (Å²) in [5.41, 5.74) is 0. The van der Waals surface area contributed by atoms with E-state index in [9.17, 15) is 9.59 Å². The second kappa shape index (κ2) is 32.5. The van der Waals surface area contributed by atoms with Gasteiger partial charge in [-0.1, -0.05) is 188 Å². The molecule has 0 saturated carbocycles. The molecule has 1 fully saturated rings. The molecule has 0 radical (unpaired) electrons. The Balaban J connectivity index is 2.46. The first-order valence-electron chi connectivity index (χ1n) is 20.9. The Morgan fingerprint density at radius 2 is 0.783 bits per heavy atom. The van der Waals surface area contributed by atoms with Gasteiger partial charge in [-0.05, 0) is 43.4 Å². The molecule has 0 amide bonds. The predicted molar refractivity (Wildman–Crippen MR) is 197 cm³/mol. The number of rotatable bonds is 6. The van der Waals surface area contributed by atoms with E-state index in [4.69, 9.17) is 9.47 Å². The topological polar surface area (TPSA) is 52.6 Å². The molecule has 1 heterocycles. The van der Waals surface area contributed by atoms with Crippen LogP contribution in [-0.2, 0) is 19.1 Å². The number of ether oxygens (including phenoxy) is 2. The van der Waals surface area contributed by atoms with Crippen LogP contribution < -0.4 is 0 Å². The molecule has 0 bridgehead atoms. The highest BCUT2D eigenvalue weighted by Gasteiger charge is 2.13. The molecule has 2 unspecified atom stereocenters. The van der Waals surface area contributed by atoms with Gasteiger partial charge in [-0.15, -0.1) is 0 Å². The van der Waals surface area contributed by atoms with E-state index in [0.717, 1.165) is 44.4 Å². The minimum atomic E-state index is 0.0170. The molecule has 1 aliphatic rings. The quantitative estimate of drug-likeness (QED) is 0.269. The Morgan fingerprint density at radius 1 is 0.457 bits per heavy atom. The number of hydrogen-bond donors (Lipinski definition) is 0. The van der Waals surface area contributed by atoms with E-state index in [0.29, 0.717) is 37.9 Å². The van der Waals surface area contributed by atoms with E-state index in [1.165, 1.54) is 154 Å². The largest absolute Gasteiger partial charge is 0.466 e. The zero-order valence-corrected chi connectivity index (χ0v) is 31.4. The van der Waals surface area contributed by atoms with Crippen LogP contribution in [0.25, 0.3) is 0 Å². The molecule has 4 nitrogen and oxygen atoms in total. The van der Waals surface area contributed by atoms with Crippen LogP contribution in [0.2, 0.25) is 0 Å². The van der Waals surface area contributed by atoms with Crippen molar-refractivity contribution in [2.75, 3.05) is 13.2 Å². The van der Waals surface area contributed by atoms with Gasteiger partial charge < -0.3 is 9.47 Å². The van der Waals surface area contributed by atoms with E-state index in [2.05, 4.69) is 20.8 Å². The summed E-state index contributed by atoms with van der Waals surface area (Å²) in [5, 5.41) is 0. The molecule has 1 saturated heterocycles. The lowest BCUT2D eigenvalue weighted by atomic mass is 9.90. The number of carbonyl (C=O) groups is 2. The fourth-order valence-corrected chi connectivity index (χ4v) is 7.33. The summed E-state index contributed by atoms with van der Waals surface area (Å²) in [6.45, 7) is 8.20. The Labute approximate surface area is 287 Å². The van der Waals surface area contributed by atoms with Gasteiger partial charge in [-0.2, -0.15) is 0 Å². The SMILES string of the molecule is CCCCC1CCCCCCC(CCCC)CCOC(=O)CCCCCCCCCC(C)CCCCCCCCCC(=O)OCC1. The van der Waals surface area contributed by atoms with Gasteiger partial charge in [0.05, 0.1) is 13.2 Å².